The summed E-state index contributed by atoms with van der Waals surface area (Å²) in [6, 6.07) is 6.29. The van der Waals surface area contributed by atoms with E-state index in [0.717, 1.165) is 14.9 Å². The normalized spacial score (nSPS) is 12.6. The van der Waals surface area contributed by atoms with Gasteiger partial charge in [0.05, 0.1) is 6.10 Å². The fourth-order valence-electron chi connectivity index (χ4n) is 1.32. The van der Waals surface area contributed by atoms with Gasteiger partial charge in [0.15, 0.2) is 0 Å². The van der Waals surface area contributed by atoms with Crippen molar-refractivity contribution in [2.75, 3.05) is 5.75 Å². The summed E-state index contributed by atoms with van der Waals surface area (Å²) in [7, 11) is 0. The Hall–Kier alpha value is -0.360. The van der Waals surface area contributed by atoms with Gasteiger partial charge in [0, 0.05) is 26.1 Å². The molecule has 1 aromatic carbocycles. The van der Waals surface area contributed by atoms with Gasteiger partial charge < -0.3 is 5.11 Å². The highest BCUT2D eigenvalue weighted by atomic mass is 79.9. The van der Waals surface area contributed by atoms with Crippen LogP contribution >= 0.6 is 39.0 Å². The van der Waals surface area contributed by atoms with Crippen molar-refractivity contribution in [3.05, 3.63) is 50.9 Å². The Morgan fingerprint density at radius 2 is 2.00 bits per heavy atom. The SMILES string of the molecule is OC(CSc1ccc(F)cc1)c1cscc1Br. The van der Waals surface area contributed by atoms with Gasteiger partial charge in [-0.15, -0.1) is 11.8 Å². The van der Waals surface area contributed by atoms with Crippen molar-refractivity contribution in [3.63, 3.8) is 0 Å². The molecule has 90 valence electrons. The molecule has 0 aliphatic carbocycles. The van der Waals surface area contributed by atoms with Gasteiger partial charge >= 0.3 is 0 Å². The highest BCUT2D eigenvalue weighted by Crippen LogP contribution is 2.31. The van der Waals surface area contributed by atoms with Crippen molar-refractivity contribution >= 4 is 39.0 Å². The van der Waals surface area contributed by atoms with Crippen LogP contribution < -0.4 is 0 Å². The number of halogens is 2. The van der Waals surface area contributed by atoms with Crippen LogP contribution in [0.15, 0.2) is 44.4 Å². The minimum atomic E-state index is -0.509. The van der Waals surface area contributed by atoms with Gasteiger partial charge in [-0.05, 0) is 45.6 Å². The summed E-state index contributed by atoms with van der Waals surface area (Å²) in [6.07, 6.45) is -0.509. The predicted octanol–water partition coefficient (Wildman–Crippen LogP) is 4.48. The van der Waals surface area contributed by atoms with Crippen molar-refractivity contribution in [2.24, 2.45) is 0 Å². The molecule has 2 aromatic rings. The maximum atomic E-state index is 12.7. The molecule has 1 unspecified atom stereocenters. The number of hydrogen-bond donors (Lipinski definition) is 1. The highest BCUT2D eigenvalue weighted by molar-refractivity contribution is 9.10. The van der Waals surface area contributed by atoms with Gasteiger partial charge in [-0.25, -0.2) is 4.39 Å². The predicted molar refractivity (Wildman–Crippen MR) is 74.1 cm³/mol. The zero-order valence-corrected chi connectivity index (χ0v) is 12.0. The topological polar surface area (TPSA) is 20.2 Å². The first-order valence-electron chi connectivity index (χ1n) is 4.95. The summed E-state index contributed by atoms with van der Waals surface area (Å²) >= 11 is 6.46. The lowest BCUT2D eigenvalue weighted by molar-refractivity contribution is 0.204. The van der Waals surface area contributed by atoms with Crippen molar-refractivity contribution in [2.45, 2.75) is 11.0 Å². The molecule has 0 aliphatic rings. The molecule has 0 radical (unpaired) electrons. The number of benzene rings is 1. The number of thiophene rings is 1. The third-order valence-electron chi connectivity index (χ3n) is 2.22. The molecule has 0 aliphatic heterocycles. The Morgan fingerprint density at radius 3 is 2.59 bits per heavy atom. The van der Waals surface area contributed by atoms with Crippen molar-refractivity contribution in [3.8, 4) is 0 Å². The number of thioether (sulfide) groups is 1. The minimum Gasteiger partial charge on any atom is -0.387 e. The Bertz CT molecular complexity index is 484. The number of aliphatic hydroxyl groups is 1. The summed E-state index contributed by atoms with van der Waals surface area (Å²) in [5.41, 5.74) is 0.907. The van der Waals surface area contributed by atoms with Gasteiger partial charge in [-0.3, -0.25) is 0 Å². The van der Waals surface area contributed by atoms with E-state index in [0.29, 0.717) is 5.75 Å². The molecule has 2 rings (SSSR count). The molecule has 1 nitrogen and oxygen atoms in total. The molecule has 0 saturated carbocycles. The van der Waals surface area contributed by atoms with E-state index in [1.54, 1.807) is 23.5 Å². The van der Waals surface area contributed by atoms with Crippen LogP contribution in [0.1, 0.15) is 11.7 Å². The molecule has 0 bridgehead atoms. The van der Waals surface area contributed by atoms with Crippen LogP contribution in [-0.2, 0) is 0 Å². The molecule has 0 amide bonds. The molecule has 1 heterocycles. The largest absolute Gasteiger partial charge is 0.387 e. The van der Waals surface area contributed by atoms with Crippen molar-refractivity contribution in [1.82, 2.24) is 0 Å². The summed E-state index contributed by atoms with van der Waals surface area (Å²) < 4.78 is 13.6. The zero-order valence-electron chi connectivity index (χ0n) is 8.77. The monoisotopic (exact) mass is 332 g/mol. The second kappa shape index (κ2) is 6.00. The molecule has 0 fully saturated rings. The van der Waals surface area contributed by atoms with E-state index in [1.807, 2.05) is 10.8 Å². The Labute approximate surface area is 116 Å². The molecule has 1 N–H and O–H groups in total. The molecule has 5 heteroatoms. The summed E-state index contributed by atoms with van der Waals surface area (Å²) in [6.45, 7) is 0. The van der Waals surface area contributed by atoms with Gasteiger partial charge in [0.2, 0.25) is 0 Å². The van der Waals surface area contributed by atoms with Crippen molar-refractivity contribution < 1.29 is 9.50 Å². The van der Waals surface area contributed by atoms with Crippen LogP contribution in [0, 0.1) is 5.82 Å². The zero-order chi connectivity index (χ0) is 12.3. The van der Waals surface area contributed by atoms with Crippen LogP contribution in [0.4, 0.5) is 4.39 Å². The van der Waals surface area contributed by atoms with E-state index >= 15 is 0 Å². The third kappa shape index (κ3) is 3.55. The van der Waals surface area contributed by atoms with Crippen LogP contribution in [0.2, 0.25) is 0 Å². The summed E-state index contributed by atoms with van der Waals surface area (Å²) in [4.78, 5) is 0.955. The molecular formula is C12H10BrFOS2. The first-order valence-corrected chi connectivity index (χ1v) is 7.67. The van der Waals surface area contributed by atoms with Crippen molar-refractivity contribution in [1.29, 1.82) is 0 Å². The quantitative estimate of drug-likeness (QED) is 0.833. The van der Waals surface area contributed by atoms with Crippen LogP contribution in [0.5, 0.6) is 0 Å². The Kier molecular flexibility index (Phi) is 4.62. The lowest BCUT2D eigenvalue weighted by atomic mass is 10.2. The van der Waals surface area contributed by atoms with E-state index in [9.17, 15) is 9.50 Å². The number of rotatable bonds is 4. The smallest absolute Gasteiger partial charge is 0.123 e. The molecular weight excluding hydrogens is 323 g/mol. The van der Waals surface area contributed by atoms with E-state index in [4.69, 9.17) is 0 Å². The van der Waals surface area contributed by atoms with E-state index in [2.05, 4.69) is 15.9 Å². The molecule has 17 heavy (non-hydrogen) atoms. The molecule has 1 atom stereocenters. The standard InChI is InChI=1S/C12H10BrFOS2/c13-11-6-16-5-10(11)12(15)7-17-9-3-1-8(14)2-4-9/h1-6,12,15H,7H2. The number of aliphatic hydroxyl groups excluding tert-OH is 1. The van der Waals surface area contributed by atoms with Crippen LogP contribution in [-0.4, -0.2) is 10.9 Å². The second-order valence-corrected chi connectivity index (χ2v) is 6.15. The van der Waals surface area contributed by atoms with Crippen LogP contribution in [0.3, 0.4) is 0 Å². The summed E-state index contributed by atoms with van der Waals surface area (Å²) in [5, 5.41) is 13.9. The maximum absolute atomic E-state index is 12.7. The Balaban J connectivity index is 1.94. The highest BCUT2D eigenvalue weighted by Gasteiger charge is 2.12. The first kappa shape index (κ1) is 13.1. The molecule has 0 saturated heterocycles. The van der Waals surface area contributed by atoms with Gasteiger partial charge in [0.25, 0.3) is 0 Å². The fraction of sp³-hybridized carbons (Fsp3) is 0.167. The molecule has 1 aromatic heterocycles. The summed E-state index contributed by atoms with van der Waals surface area (Å²) in [5.74, 6) is 0.316. The van der Waals surface area contributed by atoms with Gasteiger partial charge in [-0.1, -0.05) is 0 Å². The number of hydrogen-bond acceptors (Lipinski definition) is 3. The second-order valence-electron chi connectivity index (χ2n) is 3.46. The fourth-order valence-corrected chi connectivity index (χ4v) is 3.79. The van der Waals surface area contributed by atoms with E-state index in [-0.39, 0.29) is 5.82 Å². The lowest BCUT2D eigenvalue weighted by Gasteiger charge is -2.09. The van der Waals surface area contributed by atoms with Crippen LogP contribution in [0.25, 0.3) is 0 Å². The lowest BCUT2D eigenvalue weighted by Crippen LogP contribution is -1.99. The van der Waals surface area contributed by atoms with E-state index in [1.165, 1.54) is 23.9 Å². The van der Waals surface area contributed by atoms with Gasteiger partial charge in [0.1, 0.15) is 5.82 Å². The Morgan fingerprint density at radius 1 is 1.29 bits per heavy atom. The van der Waals surface area contributed by atoms with E-state index < -0.39 is 6.10 Å². The minimum absolute atomic E-state index is 0.240. The first-order chi connectivity index (χ1) is 8.16. The average Bonchev–Trinajstić information content (AvgIpc) is 2.74. The third-order valence-corrected chi connectivity index (χ3v) is 5.06. The van der Waals surface area contributed by atoms with Gasteiger partial charge in [-0.2, -0.15) is 11.3 Å². The average molecular weight is 333 g/mol. The maximum Gasteiger partial charge on any atom is 0.123 e. The molecule has 0 spiro atoms.